The number of halogens is 1. The molecule has 0 bridgehead atoms. The van der Waals surface area contributed by atoms with E-state index in [1.165, 1.54) is 6.07 Å². The SMILES string of the molecule is CC(C)(C)OC(=O)NCC=Cc1cc(F)cc(N)c1N. The highest BCUT2D eigenvalue weighted by Crippen LogP contribution is 2.22. The molecule has 20 heavy (non-hydrogen) atoms. The quantitative estimate of drug-likeness (QED) is 0.742. The number of hydrogen-bond donors (Lipinski definition) is 3. The molecule has 0 aliphatic rings. The Labute approximate surface area is 117 Å². The van der Waals surface area contributed by atoms with E-state index >= 15 is 0 Å². The molecular weight excluding hydrogens is 261 g/mol. The third kappa shape index (κ3) is 5.17. The van der Waals surface area contributed by atoms with Gasteiger partial charge in [-0.2, -0.15) is 0 Å². The van der Waals surface area contributed by atoms with Crippen LogP contribution in [0.3, 0.4) is 0 Å². The normalized spacial score (nSPS) is 11.6. The summed E-state index contributed by atoms with van der Waals surface area (Å²) in [7, 11) is 0. The molecule has 0 aromatic heterocycles. The number of rotatable bonds is 3. The van der Waals surface area contributed by atoms with E-state index in [4.69, 9.17) is 16.2 Å². The fourth-order valence-corrected chi connectivity index (χ4v) is 1.44. The molecule has 1 amide bonds. The number of nitrogen functional groups attached to an aromatic ring is 2. The molecule has 110 valence electrons. The molecule has 0 heterocycles. The summed E-state index contributed by atoms with van der Waals surface area (Å²) in [5.74, 6) is -0.462. The van der Waals surface area contributed by atoms with Crippen molar-refractivity contribution in [2.24, 2.45) is 0 Å². The third-order valence-corrected chi connectivity index (χ3v) is 2.27. The molecule has 1 aromatic rings. The van der Waals surface area contributed by atoms with E-state index in [-0.39, 0.29) is 12.2 Å². The maximum atomic E-state index is 13.2. The number of nitrogens with two attached hydrogens (primary N) is 2. The summed E-state index contributed by atoms with van der Waals surface area (Å²) in [6.45, 7) is 5.57. The van der Waals surface area contributed by atoms with Gasteiger partial charge in [0, 0.05) is 12.1 Å². The molecule has 0 unspecified atom stereocenters. The molecule has 0 aliphatic heterocycles. The summed E-state index contributed by atoms with van der Waals surface area (Å²) < 4.78 is 18.2. The molecule has 0 spiro atoms. The van der Waals surface area contributed by atoms with E-state index < -0.39 is 17.5 Å². The zero-order valence-corrected chi connectivity index (χ0v) is 11.9. The van der Waals surface area contributed by atoms with Crippen LogP contribution in [0.2, 0.25) is 0 Å². The Balaban J connectivity index is 2.56. The van der Waals surface area contributed by atoms with Gasteiger partial charge in [-0.3, -0.25) is 0 Å². The molecule has 0 aliphatic carbocycles. The van der Waals surface area contributed by atoms with Crippen molar-refractivity contribution in [1.29, 1.82) is 0 Å². The Morgan fingerprint density at radius 3 is 2.65 bits per heavy atom. The van der Waals surface area contributed by atoms with Gasteiger partial charge in [-0.05, 0) is 32.9 Å². The van der Waals surface area contributed by atoms with Gasteiger partial charge in [-0.25, -0.2) is 9.18 Å². The van der Waals surface area contributed by atoms with Gasteiger partial charge in [0.25, 0.3) is 0 Å². The summed E-state index contributed by atoms with van der Waals surface area (Å²) >= 11 is 0. The zero-order chi connectivity index (χ0) is 15.3. The third-order valence-electron chi connectivity index (χ3n) is 2.27. The average Bonchev–Trinajstić information content (AvgIpc) is 2.28. The van der Waals surface area contributed by atoms with E-state index in [0.29, 0.717) is 11.3 Å². The Bertz CT molecular complexity index is 522. The van der Waals surface area contributed by atoms with Crippen molar-refractivity contribution in [3.63, 3.8) is 0 Å². The first-order valence-electron chi connectivity index (χ1n) is 6.17. The van der Waals surface area contributed by atoms with Crippen molar-refractivity contribution >= 4 is 23.5 Å². The van der Waals surface area contributed by atoms with Crippen LogP contribution in [0.25, 0.3) is 6.08 Å². The minimum absolute atomic E-state index is 0.185. The fraction of sp³-hybridized carbons (Fsp3) is 0.357. The number of carbonyl (C=O) groups excluding carboxylic acids is 1. The largest absolute Gasteiger partial charge is 0.444 e. The smallest absolute Gasteiger partial charge is 0.407 e. The van der Waals surface area contributed by atoms with E-state index in [0.717, 1.165) is 6.07 Å². The minimum Gasteiger partial charge on any atom is -0.444 e. The van der Waals surface area contributed by atoms with Gasteiger partial charge in [0.1, 0.15) is 11.4 Å². The molecule has 1 rings (SSSR count). The highest BCUT2D eigenvalue weighted by Gasteiger charge is 2.15. The maximum absolute atomic E-state index is 13.2. The number of ether oxygens (including phenoxy) is 1. The monoisotopic (exact) mass is 281 g/mol. The van der Waals surface area contributed by atoms with Crippen molar-refractivity contribution < 1.29 is 13.9 Å². The standard InChI is InChI=1S/C14H20FN3O2/c1-14(2,3)20-13(19)18-6-4-5-9-7-10(15)8-11(16)12(9)17/h4-5,7-8H,6,16-17H2,1-3H3,(H,18,19). The van der Waals surface area contributed by atoms with Gasteiger partial charge in [-0.1, -0.05) is 12.2 Å². The number of nitrogens with one attached hydrogen (secondary N) is 1. The highest BCUT2D eigenvalue weighted by molar-refractivity contribution is 5.76. The van der Waals surface area contributed by atoms with Crippen LogP contribution in [-0.2, 0) is 4.74 Å². The lowest BCUT2D eigenvalue weighted by Gasteiger charge is -2.19. The Morgan fingerprint density at radius 1 is 1.40 bits per heavy atom. The van der Waals surface area contributed by atoms with Gasteiger partial charge >= 0.3 is 6.09 Å². The lowest BCUT2D eigenvalue weighted by Crippen LogP contribution is -2.32. The number of hydrogen-bond acceptors (Lipinski definition) is 4. The molecule has 0 fully saturated rings. The predicted molar refractivity (Wildman–Crippen MR) is 78.5 cm³/mol. The first kappa shape index (κ1) is 15.8. The Hall–Kier alpha value is -2.24. The second kappa shape index (κ2) is 6.27. The first-order valence-corrected chi connectivity index (χ1v) is 6.17. The van der Waals surface area contributed by atoms with Gasteiger partial charge in [-0.15, -0.1) is 0 Å². The van der Waals surface area contributed by atoms with Gasteiger partial charge in [0.05, 0.1) is 11.4 Å². The van der Waals surface area contributed by atoms with Crippen LogP contribution in [0, 0.1) is 5.82 Å². The van der Waals surface area contributed by atoms with Crippen LogP contribution in [0.1, 0.15) is 26.3 Å². The minimum atomic E-state index is -0.546. The number of amides is 1. The molecule has 5 N–H and O–H groups in total. The number of alkyl carbamates (subject to hydrolysis) is 1. The molecule has 0 radical (unpaired) electrons. The van der Waals surface area contributed by atoms with Crippen LogP contribution < -0.4 is 16.8 Å². The van der Waals surface area contributed by atoms with Gasteiger partial charge < -0.3 is 21.5 Å². The average molecular weight is 281 g/mol. The van der Waals surface area contributed by atoms with E-state index in [1.54, 1.807) is 32.9 Å². The Kier molecular flexibility index (Phi) is 4.96. The lowest BCUT2D eigenvalue weighted by atomic mass is 10.1. The van der Waals surface area contributed by atoms with Gasteiger partial charge in [0.15, 0.2) is 0 Å². The van der Waals surface area contributed by atoms with Crippen LogP contribution >= 0.6 is 0 Å². The second-order valence-electron chi connectivity index (χ2n) is 5.28. The summed E-state index contributed by atoms with van der Waals surface area (Å²) in [6, 6.07) is 2.43. The van der Waals surface area contributed by atoms with Crippen molar-refractivity contribution in [1.82, 2.24) is 5.32 Å². The topological polar surface area (TPSA) is 90.4 Å². The fourth-order valence-electron chi connectivity index (χ4n) is 1.44. The first-order chi connectivity index (χ1) is 9.19. The van der Waals surface area contributed by atoms with E-state index in [1.807, 2.05) is 0 Å². The molecule has 1 aromatic carbocycles. The van der Waals surface area contributed by atoms with Crippen molar-refractivity contribution in [2.75, 3.05) is 18.0 Å². The zero-order valence-electron chi connectivity index (χ0n) is 11.9. The van der Waals surface area contributed by atoms with E-state index in [9.17, 15) is 9.18 Å². The summed E-state index contributed by atoms with van der Waals surface area (Å²) in [4.78, 5) is 11.4. The Morgan fingerprint density at radius 2 is 2.05 bits per heavy atom. The molecule has 0 atom stereocenters. The molecular formula is C14H20FN3O2. The van der Waals surface area contributed by atoms with E-state index in [2.05, 4.69) is 5.32 Å². The summed E-state index contributed by atoms with van der Waals surface area (Å²) in [6.07, 6.45) is 2.70. The number of carbonyl (C=O) groups is 1. The number of benzene rings is 1. The van der Waals surface area contributed by atoms with Crippen LogP contribution in [-0.4, -0.2) is 18.2 Å². The van der Waals surface area contributed by atoms with Crippen molar-refractivity contribution in [3.05, 3.63) is 29.6 Å². The summed E-state index contributed by atoms with van der Waals surface area (Å²) in [5.41, 5.74) is 11.7. The molecule has 6 heteroatoms. The predicted octanol–water partition coefficient (Wildman–Crippen LogP) is 2.53. The lowest BCUT2D eigenvalue weighted by molar-refractivity contribution is 0.0534. The highest BCUT2D eigenvalue weighted by atomic mass is 19.1. The number of anilines is 2. The summed E-state index contributed by atoms with van der Waals surface area (Å²) in [5, 5.41) is 2.54. The van der Waals surface area contributed by atoms with Crippen LogP contribution in [0.5, 0.6) is 0 Å². The molecule has 0 saturated carbocycles. The van der Waals surface area contributed by atoms with Gasteiger partial charge in [0.2, 0.25) is 0 Å². The van der Waals surface area contributed by atoms with Crippen LogP contribution in [0.4, 0.5) is 20.6 Å². The second-order valence-corrected chi connectivity index (χ2v) is 5.28. The van der Waals surface area contributed by atoms with Crippen LogP contribution in [0.15, 0.2) is 18.2 Å². The maximum Gasteiger partial charge on any atom is 0.407 e. The van der Waals surface area contributed by atoms with Crippen molar-refractivity contribution in [2.45, 2.75) is 26.4 Å². The molecule has 0 saturated heterocycles. The molecule has 5 nitrogen and oxygen atoms in total. The van der Waals surface area contributed by atoms with Crippen molar-refractivity contribution in [3.8, 4) is 0 Å².